The lowest BCUT2D eigenvalue weighted by Crippen LogP contribution is -2.12. The SMILES string of the molecule is CCOC(=O)c1cc(CC)cn1Cc1ccccc1. The van der Waals surface area contributed by atoms with Gasteiger partial charge in [0.1, 0.15) is 5.69 Å². The highest BCUT2D eigenvalue weighted by Gasteiger charge is 2.14. The fraction of sp³-hybridized carbons (Fsp3) is 0.312. The van der Waals surface area contributed by atoms with E-state index in [-0.39, 0.29) is 5.97 Å². The number of esters is 1. The van der Waals surface area contributed by atoms with Gasteiger partial charge in [0.15, 0.2) is 0 Å². The second kappa shape index (κ2) is 6.23. The summed E-state index contributed by atoms with van der Waals surface area (Å²) in [6.45, 7) is 4.99. The van der Waals surface area contributed by atoms with Gasteiger partial charge in [0.25, 0.3) is 0 Å². The third-order valence-electron chi connectivity index (χ3n) is 3.04. The highest BCUT2D eigenvalue weighted by Crippen LogP contribution is 2.14. The smallest absolute Gasteiger partial charge is 0.354 e. The predicted octanol–water partition coefficient (Wildman–Crippen LogP) is 3.28. The number of carbonyl (C=O) groups excluding carboxylic acids is 1. The van der Waals surface area contributed by atoms with E-state index >= 15 is 0 Å². The molecule has 0 saturated carbocycles. The monoisotopic (exact) mass is 257 g/mol. The average Bonchev–Trinajstić information content (AvgIpc) is 2.83. The molecule has 1 aromatic carbocycles. The van der Waals surface area contributed by atoms with Gasteiger partial charge in [-0.1, -0.05) is 37.3 Å². The molecule has 0 aliphatic heterocycles. The number of carbonyl (C=O) groups is 1. The van der Waals surface area contributed by atoms with Crippen molar-refractivity contribution in [2.75, 3.05) is 6.61 Å². The van der Waals surface area contributed by atoms with Crippen molar-refractivity contribution in [2.45, 2.75) is 26.8 Å². The summed E-state index contributed by atoms with van der Waals surface area (Å²) >= 11 is 0. The van der Waals surface area contributed by atoms with Gasteiger partial charge in [0, 0.05) is 12.7 Å². The van der Waals surface area contributed by atoms with E-state index in [0.717, 1.165) is 12.0 Å². The predicted molar refractivity (Wildman–Crippen MR) is 75.3 cm³/mol. The summed E-state index contributed by atoms with van der Waals surface area (Å²) in [5.74, 6) is -0.252. The zero-order valence-corrected chi connectivity index (χ0v) is 11.4. The number of aromatic nitrogens is 1. The molecule has 0 aliphatic rings. The molecule has 2 rings (SSSR count). The van der Waals surface area contributed by atoms with E-state index in [1.807, 2.05) is 42.0 Å². The molecule has 100 valence electrons. The maximum absolute atomic E-state index is 11.9. The quantitative estimate of drug-likeness (QED) is 0.770. The van der Waals surface area contributed by atoms with E-state index in [1.165, 1.54) is 5.56 Å². The second-order valence-corrected chi connectivity index (χ2v) is 4.42. The highest BCUT2D eigenvalue weighted by atomic mass is 16.5. The molecule has 0 atom stereocenters. The zero-order chi connectivity index (χ0) is 13.7. The lowest BCUT2D eigenvalue weighted by atomic mass is 10.2. The summed E-state index contributed by atoms with van der Waals surface area (Å²) in [6, 6.07) is 12.0. The van der Waals surface area contributed by atoms with Crippen molar-refractivity contribution in [1.82, 2.24) is 4.57 Å². The van der Waals surface area contributed by atoms with Crippen LogP contribution in [-0.2, 0) is 17.7 Å². The second-order valence-electron chi connectivity index (χ2n) is 4.42. The van der Waals surface area contributed by atoms with Gasteiger partial charge in [-0.15, -0.1) is 0 Å². The van der Waals surface area contributed by atoms with Crippen molar-refractivity contribution in [3.8, 4) is 0 Å². The van der Waals surface area contributed by atoms with Crippen LogP contribution < -0.4 is 0 Å². The minimum atomic E-state index is -0.252. The molecule has 0 fully saturated rings. The van der Waals surface area contributed by atoms with Gasteiger partial charge in [-0.3, -0.25) is 0 Å². The third kappa shape index (κ3) is 3.25. The van der Waals surface area contributed by atoms with E-state index in [2.05, 4.69) is 19.1 Å². The minimum Gasteiger partial charge on any atom is -0.461 e. The Bertz CT molecular complexity index is 543. The molecule has 19 heavy (non-hydrogen) atoms. The number of hydrogen-bond donors (Lipinski definition) is 0. The standard InChI is InChI=1S/C16H19NO2/c1-3-13-10-15(16(18)19-4-2)17(11-13)12-14-8-6-5-7-9-14/h5-11H,3-4,12H2,1-2H3. The molecule has 1 aromatic heterocycles. The first-order valence-electron chi connectivity index (χ1n) is 6.64. The molecule has 0 radical (unpaired) electrons. The maximum Gasteiger partial charge on any atom is 0.354 e. The van der Waals surface area contributed by atoms with Crippen LogP contribution in [0.25, 0.3) is 0 Å². The van der Waals surface area contributed by atoms with Crippen molar-refractivity contribution >= 4 is 5.97 Å². The molecule has 0 aliphatic carbocycles. The van der Waals surface area contributed by atoms with E-state index < -0.39 is 0 Å². The molecule has 0 amide bonds. The van der Waals surface area contributed by atoms with Crippen LogP contribution in [0, 0.1) is 0 Å². The lowest BCUT2D eigenvalue weighted by Gasteiger charge is -2.08. The van der Waals surface area contributed by atoms with Crippen molar-refractivity contribution < 1.29 is 9.53 Å². The van der Waals surface area contributed by atoms with E-state index in [9.17, 15) is 4.79 Å². The van der Waals surface area contributed by atoms with Gasteiger partial charge in [0.2, 0.25) is 0 Å². The van der Waals surface area contributed by atoms with E-state index in [1.54, 1.807) is 0 Å². The van der Waals surface area contributed by atoms with Gasteiger partial charge >= 0.3 is 5.97 Å². The normalized spacial score (nSPS) is 10.4. The molecule has 0 unspecified atom stereocenters. The topological polar surface area (TPSA) is 31.2 Å². The summed E-state index contributed by atoms with van der Waals surface area (Å²) in [5, 5.41) is 0. The minimum absolute atomic E-state index is 0.252. The van der Waals surface area contributed by atoms with Crippen LogP contribution in [0.2, 0.25) is 0 Å². The zero-order valence-electron chi connectivity index (χ0n) is 11.4. The van der Waals surface area contributed by atoms with Gasteiger partial charge in [-0.2, -0.15) is 0 Å². The van der Waals surface area contributed by atoms with Crippen LogP contribution in [0.15, 0.2) is 42.6 Å². The summed E-state index contributed by atoms with van der Waals surface area (Å²) in [4.78, 5) is 11.9. The first-order valence-corrected chi connectivity index (χ1v) is 6.64. The van der Waals surface area contributed by atoms with Crippen LogP contribution in [0.4, 0.5) is 0 Å². The lowest BCUT2D eigenvalue weighted by molar-refractivity contribution is 0.0514. The molecular weight excluding hydrogens is 238 g/mol. The Balaban J connectivity index is 2.28. The fourth-order valence-corrected chi connectivity index (χ4v) is 2.05. The first kappa shape index (κ1) is 13.4. The van der Waals surface area contributed by atoms with Crippen molar-refractivity contribution in [1.29, 1.82) is 0 Å². The summed E-state index contributed by atoms with van der Waals surface area (Å²) in [6.07, 6.45) is 2.94. The van der Waals surface area contributed by atoms with Crippen LogP contribution >= 0.6 is 0 Å². The molecule has 1 heterocycles. The summed E-state index contributed by atoms with van der Waals surface area (Å²) < 4.78 is 7.07. The molecule has 0 bridgehead atoms. The molecule has 0 spiro atoms. The Hall–Kier alpha value is -2.03. The van der Waals surface area contributed by atoms with Gasteiger partial charge in [-0.05, 0) is 30.5 Å². The maximum atomic E-state index is 11.9. The molecule has 3 nitrogen and oxygen atoms in total. The number of aryl methyl sites for hydroxylation is 1. The molecule has 2 aromatic rings. The number of benzene rings is 1. The molecular formula is C16H19NO2. The van der Waals surface area contributed by atoms with Crippen LogP contribution in [-0.4, -0.2) is 17.1 Å². The first-order chi connectivity index (χ1) is 9.24. The number of rotatable bonds is 5. The average molecular weight is 257 g/mol. The Kier molecular flexibility index (Phi) is 4.39. The van der Waals surface area contributed by atoms with Gasteiger partial charge < -0.3 is 9.30 Å². The van der Waals surface area contributed by atoms with Gasteiger partial charge in [0.05, 0.1) is 6.61 Å². The molecule has 0 saturated heterocycles. The van der Waals surface area contributed by atoms with E-state index in [0.29, 0.717) is 18.8 Å². The Morgan fingerprint density at radius 3 is 2.53 bits per heavy atom. The van der Waals surface area contributed by atoms with Crippen molar-refractivity contribution in [3.63, 3.8) is 0 Å². The largest absolute Gasteiger partial charge is 0.461 e. The molecule has 3 heteroatoms. The molecule has 0 N–H and O–H groups in total. The van der Waals surface area contributed by atoms with Crippen molar-refractivity contribution in [2.24, 2.45) is 0 Å². The van der Waals surface area contributed by atoms with Crippen LogP contribution in [0.3, 0.4) is 0 Å². The summed E-state index contributed by atoms with van der Waals surface area (Å²) in [5.41, 5.74) is 2.95. The van der Waals surface area contributed by atoms with E-state index in [4.69, 9.17) is 4.74 Å². The Labute approximate surface area is 113 Å². The summed E-state index contributed by atoms with van der Waals surface area (Å²) in [7, 11) is 0. The number of hydrogen-bond acceptors (Lipinski definition) is 2. The van der Waals surface area contributed by atoms with Crippen LogP contribution in [0.5, 0.6) is 0 Å². The fourth-order valence-electron chi connectivity index (χ4n) is 2.05. The highest BCUT2D eigenvalue weighted by molar-refractivity contribution is 5.88. The third-order valence-corrected chi connectivity index (χ3v) is 3.04. The van der Waals surface area contributed by atoms with Gasteiger partial charge in [-0.25, -0.2) is 4.79 Å². The van der Waals surface area contributed by atoms with Crippen molar-refractivity contribution in [3.05, 3.63) is 59.4 Å². The number of ether oxygens (including phenoxy) is 1. The Morgan fingerprint density at radius 2 is 1.89 bits per heavy atom. The van der Waals surface area contributed by atoms with Crippen LogP contribution in [0.1, 0.15) is 35.5 Å². The Morgan fingerprint density at radius 1 is 1.16 bits per heavy atom. The number of nitrogens with zero attached hydrogens (tertiary/aromatic N) is 1.